The molecule has 5 nitrogen and oxygen atoms in total. The van der Waals surface area contributed by atoms with Gasteiger partial charge in [0.2, 0.25) is 0 Å². The van der Waals surface area contributed by atoms with Gasteiger partial charge >= 0.3 is 0 Å². The first-order valence-electron chi connectivity index (χ1n) is 7.63. The van der Waals surface area contributed by atoms with Crippen LogP contribution in [-0.2, 0) is 4.74 Å². The molecule has 2 N–H and O–H groups in total. The highest BCUT2D eigenvalue weighted by molar-refractivity contribution is 7.80. The molecule has 1 saturated heterocycles. The van der Waals surface area contributed by atoms with Crippen molar-refractivity contribution < 1.29 is 9.47 Å². The van der Waals surface area contributed by atoms with E-state index in [1.807, 2.05) is 6.08 Å². The Morgan fingerprint density at radius 1 is 1.42 bits per heavy atom. The van der Waals surface area contributed by atoms with Gasteiger partial charge in [0.05, 0.1) is 17.3 Å². The van der Waals surface area contributed by atoms with E-state index in [1.165, 1.54) is 0 Å². The number of hydrogen-bond donors (Lipinski definition) is 2. The van der Waals surface area contributed by atoms with E-state index in [4.69, 9.17) is 44.9 Å². The zero-order valence-electron chi connectivity index (χ0n) is 12.9. The minimum Gasteiger partial charge on any atom is -0.487 e. The SMILES string of the molecule is S=C(NCC1CCCO1)N/N=C/C1=Cc2cc(Cl)cc(Cl)c2OC1. The molecule has 1 aromatic carbocycles. The number of ether oxygens (including phenoxy) is 2. The third-order valence-electron chi connectivity index (χ3n) is 3.67. The van der Waals surface area contributed by atoms with Gasteiger partial charge in [-0.05, 0) is 43.3 Å². The van der Waals surface area contributed by atoms with Gasteiger partial charge in [-0.1, -0.05) is 23.2 Å². The number of rotatable bonds is 4. The van der Waals surface area contributed by atoms with E-state index < -0.39 is 0 Å². The smallest absolute Gasteiger partial charge is 0.187 e. The van der Waals surface area contributed by atoms with Gasteiger partial charge in [-0.3, -0.25) is 5.43 Å². The number of hydrazone groups is 1. The molecule has 1 unspecified atom stereocenters. The molecule has 2 aliphatic rings. The first kappa shape index (κ1) is 17.5. The lowest BCUT2D eigenvalue weighted by Gasteiger charge is -2.17. The molecule has 0 saturated carbocycles. The van der Waals surface area contributed by atoms with Crippen molar-refractivity contribution in [2.24, 2.45) is 5.10 Å². The number of nitrogens with zero attached hydrogens (tertiary/aromatic N) is 1. The molecule has 0 bridgehead atoms. The third-order valence-corrected chi connectivity index (χ3v) is 4.41. The van der Waals surface area contributed by atoms with Gasteiger partial charge < -0.3 is 14.8 Å². The number of thiocarbonyl (C=S) groups is 1. The Bertz CT molecular complexity index is 688. The summed E-state index contributed by atoms with van der Waals surface area (Å²) in [5.74, 6) is 0.639. The second-order valence-corrected chi connectivity index (χ2v) is 6.78. The van der Waals surface area contributed by atoms with Crippen molar-refractivity contribution in [3.05, 3.63) is 33.3 Å². The highest BCUT2D eigenvalue weighted by Crippen LogP contribution is 2.36. The standard InChI is InChI=1S/C16H17Cl2N3O2S/c17-12-5-11-4-10(9-23-15(11)14(18)6-12)7-20-21-16(24)19-8-13-2-1-3-22-13/h4-7,13H,1-3,8-9H2,(H2,19,21,24)/b20-7+. The molecule has 0 radical (unpaired) electrons. The molecule has 8 heteroatoms. The van der Waals surface area contributed by atoms with Crippen LogP contribution in [0.15, 0.2) is 22.8 Å². The van der Waals surface area contributed by atoms with Crippen LogP contribution < -0.4 is 15.5 Å². The zero-order chi connectivity index (χ0) is 16.9. The molecule has 2 heterocycles. The second kappa shape index (κ2) is 8.16. The summed E-state index contributed by atoms with van der Waals surface area (Å²) in [6.45, 7) is 1.90. The lowest BCUT2D eigenvalue weighted by molar-refractivity contribution is 0.114. The van der Waals surface area contributed by atoms with Gasteiger partial charge in [-0.15, -0.1) is 0 Å². The van der Waals surface area contributed by atoms with Crippen LogP contribution in [0.1, 0.15) is 18.4 Å². The molecule has 24 heavy (non-hydrogen) atoms. The van der Waals surface area contributed by atoms with Crippen molar-refractivity contribution in [1.29, 1.82) is 0 Å². The minimum absolute atomic E-state index is 0.231. The molecule has 1 fully saturated rings. The van der Waals surface area contributed by atoms with E-state index in [-0.39, 0.29) is 6.10 Å². The van der Waals surface area contributed by atoms with Crippen LogP contribution >= 0.6 is 35.4 Å². The van der Waals surface area contributed by atoms with Gasteiger partial charge in [-0.2, -0.15) is 5.10 Å². The average Bonchev–Trinajstić information content (AvgIpc) is 3.06. The molecule has 0 amide bonds. The maximum absolute atomic E-state index is 6.11. The summed E-state index contributed by atoms with van der Waals surface area (Å²) in [5, 5.41) is 8.74. The lowest BCUT2D eigenvalue weighted by Crippen LogP contribution is -2.37. The third kappa shape index (κ3) is 4.60. The molecular weight excluding hydrogens is 369 g/mol. The monoisotopic (exact) mass is 385 g/mol. The van der Waals surface area contributed by atoms with Gasteiger partial charge in [0.15, 0.2) is 5.11 Å². The normalized spacial score (nSPS) is 19.6. The van der Waals surface area contributed by atoms with E-state index in [0.717, 1.165) is 30.6 Å². The Balaban J connectivity index is 1.52. The van der Waals surface area contributed by atoms with E-state index in [1.54, 1.807) is 18.3 Å². The largest absolute Gasteiger partial charge is 0.487 e. The number of halogens is 2. The summed E-state index contributed by atoms with van der Waals surface area (Å²) in [6, 6.07) is 3.46. The molecule has 0 aliphatic carbocycles. The predicted octanol–water partition coefficient (Wildman–Crippen LogP) is 3.40. The molecule has 3 rings (SSSR count). The Labute approximate surface area is 156 Å². The summed E-state index contributed by atoms with van der Waals surface area (Å²) in [4.78, 5) is 0. The van der Waals surface area contributed by atoms with Gasteiger partial charge in [0.25, 0.3) is 0 Å². The van der Waals surface area contributed by atoms with Crippen LogP contribution in [0, 0.1) is 0 Å². The predicted molar refractivity (Wildman–Crippen MR) is 101 cm³/mol. The highest BCUT2D eigenvalue weighted by Gasteiger charge is 2.16. The Kier molecular flexibility index (Phi) is 5.94. The molecule has 128 valence electrons. The Morgan fingerprint density at radius 3 is 3.08 bits per heavy atom. The minimum atomic E-state index is 0.231. The Morgan fingerprint density at radius 2 is 2.29 bits per heavy atom. The van der Waals surface area contributed by atoms with E-state index in [0.29, 0.717) is 34.1 Å². The first-order chi connectivity index (χ1) is 11.6. The summed E-state index contributed by atoms with van der Waals surface area (Å²) < 4.78 is 11.2. The van der Waals surface area contributed by atoms with Crippen LogP contribution in [0.2, 0.25) is 10.0 Å². The van der Waals surface area contributed by atoms with Crippen LogP contribution in [-0.4, -0.2) is 37.2 Å². The van der Waals surface area contributed by atoms with Crippen molar-refractivity contribution >= 4 is 52.8 Å². The zero-order valence-corrected chi connectivity index (χ0v) is 15.2. The molecule has 2 aliphatic heterocycles. The molecular formula is C16H17Cl2N3O2S. The van der Waals surface area contributed by atoms with Gasteiger partial charge in [0.1, 0.15) is 12.4 Å². The molecule has 0 spiro atoms. The topological polar surface area (TPSA) is 54.9 Å². The Hall–Kier alpha value is -1.34. The number of hydrogen-bond acceptors (Lipinski definition) is 4. The molecule has 1 aromatic rings. The van der Waals surface area contributed by atoms with Crippen molar-refractivity contribution in [2.45, 2.75) is 18.9 Å². The number of nitrogens with one attached hydrogen (secondary N) is 2. The van der Waals surface area contributed by atoms with Crippen LogP contribution in [0.25, 0.3) is 6.08 Å². The highest BCUT2D eigenvalue weighted by atomic mass is 35.5. The van der Waals surface area contributed by atoms with Gasteiger partial charge in [-0.25, -0.2) is 0 Å². The molecule has 0 aromatic heterocycles. The van der Waals surface area contributed by atoms with E-state index >= 15 is 0 Å². The van der Waals surface area contributed by atoms with E-state index in [2.05, 4.69) is 15.8 Å². The second-order valence-electron chi connectivity index (χ2n) is 5.53. The quantitative estimate of drug-likeness (QED) is 0.472. The fourth-order valence-electron chi connectivity index (χ4n) is 2.54. The van der Waals surface area contributed by atoms with Crippen molar-refractivity contribution in [3.63, 3.8) is 0 Å². The fraction of sp³-hybridized carbons (Fsp3) is 0.375. The van der Waals surface area contributed by atoms with Gasteiger partial charge in [0, 0.05) is 29.3 Å². The number of fused-ring (bicyclic) bond motifs is 1. The first-order valence-corrected chi connectivity index (χ1v) is 8.79. The number of benzene rings is 1. The van der Waals surface area contributed by atoms with Crippen molar-refractivity contribution in [1.82, 2.24) is 10.7 Å². The van der Waals surface area contributed by atoms with Crippen molar-refractivity contribution in [3.8, 4) is 5.75 Å². The van der Waals surface area contributed by atoms with Crippen LogP contribution in [0.4, 0.5) is 0 Å². The fourth-order valence-corrected chi connectivity index (χ4v) is 3.24. The summed E-state index contributed by atoms with van der Waals surface area (Å²) in [6.07, 6.45) is 6.00. The maximum Gasteiger partial charge on any atom is 0.187 e. The lowest BCUT2D eigenvalue weighted by atomic mass is 10.1. The van der Waals surface area contributed by atoms with Crippen LogP contribution in [0.3, 0.4) is 0 Å². The summed E-state index contributed by atoms with van der Waals surface area (Å²) in [5.41, 5.74) is 4.50. The van der Waals surface area contributed by atoms with Crippen LogP contribution in [0.5, 0.6) is 5.75 Å². The maximum atomic E-state index is 6.11. The van der Waals surface area contributed by atoms with E-state index in [9.17, 15) is 0 Å². The summed E-state index contributed by atoms with van der Waals surface area (Å²) in [7, 11) is 0. The summed E-state index contributed by atoms with van der Waals surface area (Å²) >= 11 is 17.3. The van der Waals surface area contributed by atoms with Crippen molar-refractivity contribution in [2.75, 3.05) is 19.8 Å². The average molecular weight is 386 g/mol. The molecule has 1 atom stereocenters.